The van der Waals surface area contributed by atoms with Crippen LogP contribution < -0.4 is 0 Å². The molecular formula is C27H44O4. The Hall–Kier alpha value is -1.55. The number of carboxylic acid groups (broad SMARTS) is 1. The third kappa shape index (κ3) is 8.84. The minimum absolute atomic E-state index is 0.115. The highest BCUT2D eigenvalue weighted by atomic mass is 16.4. The summed E-state index contributed by atoms with van der Waals surface area (Å²) >= 11 is 0. The van der Waals surface area contributed by atoms with Gasteiger partial charge in [0.25, 0.3) is 0 Å². The Morgan fingerprint density at radius 2 is 1.77 bits per heavy atom. The Morgan fingerprint density at radius 1 is 1.10 bits per heavy atom. The molecule has 0 aromatic heterocycles. The van der Waals surface area contributed by atoms with Crippen LogP contribution in [0.2, 0.25) is 0 Å². The first-order valence-corrected chi connectivity index (χ1v) is 12.4. The van der Waals surface area contributed by atoms with E-state index in [1.165, 1.54) is 17.6 Å². The summed E-state index contributed by atoms with van der Waals surface area (Å²) in [5.74, 6) is 0.942. The van der Waals surface area contributed by atoms with Gasteiger partial charge >= 0.3 is 5.97 Å². The van der Waals surface area contributed by atoms with E-state index in [-0.39, 0.29) is 12.3 Å². The predicted molar refractivity (Wildman–Crippen MR) is 127 cm³/mol. The standard InChI is InChI=1S/C27H44O4/c1-19(2)10-8-11-20(3)12-9-14-24(28)27-23-17-21(16-22(23)18-25(27)29)13-6-4-5-7-15-26(30)31/h10,14,16,20,22-23,25,27-29H,4-9,11-13,15,17-18H2,1-3H3,(H,30,31)/t20?,22-,23-,25+,27-/m1/s1. The first kappa shape index (κ1) is 25.7. The molecule has 2 aliphatic rings. The van der Waals surface area contributed by atoms with Gasteiger partial charge in [-0.3, -0.25) is 4.79 Å². The summed E-state index contributed by atoms with van der Waals surface area (Å²) in [4.78, 5) is 10.6. The Morgan fingerprint density at radius 3 is 2.45 bits per heavy atom. The molecule has 3 N–H and O–H groups in total. The van der Waals surface area contributed by atoms with E-state index in [1.807, 2.05) is 6.08 Å². The highest BCUT2D eigenvalue weighted by molar-refractivity contribution is 5.66. The molecule has 0 amide bonds. The Kier molecular flexibility index (Phi) is 10.9. The first-order valence-electron chi connectivity index (χ1n) is 12.4. The molecule has 0 radical (unpaired) electrons. The van der Waals surface area contributed by atoms with E-state index in [0.717, 1.165) is 64.2 Å². The maximum atomic E-state index is 10.8. The van der Waals surface area contributed by atoms with E-state index in [2.05, 4.69) is 32.9 Å². The largest absolute Gasteiger partial charge is 0.512 e. The van der Waals surface area contributed by atoms with Gasteiger partial charge in [0.2, 0.25) is 0 Å². The summed E-state index contributed by atoms with van der Waals surface area (Å²) in [6.07, 6.45) is 17.4. The van der Waals surface area contributed by atoms with Crippen molar-refractivity contribution in [1.29, 1.82) is 0 Å². The molecular weight excluding hydrogens is 388 g/mol. The van der Waals surface area contributed by atoms with Crippen molar-refractivity contribution in [2.75, 3.05) is 0 Å². The van der Waals surface area contributed by atoms with Crippen LogP contribution in [-0.4, -0.2) is 27.4 Å². The topological polar surface area (TPSA) is 77.8 Å². The van der Waals surface area contributed by atoms with Gasteiger partial charge < -0.3 is 15.3 Å². The van der Waals surface area contributed by atoms with Crippen LogP contribution >= 0.6 is 0 Å². The van der Waals surface area contributed by atoms with Crippen molar-refractivity contribution >= 4 is 5.97 Å². The molecule has 2 rings (SSSR count). The molecule has 0 saturated heterocycles. The van der Waals surface area contributed by atoms with Gasteiger partial charge in [0, 0.05) is 12.3 Å². The van der Waals surface area contributed by atoms with Gasteiger partial charge in [0.05, 0.1) is 11.9 Å². The molecule has 1 saturated carbocycles. The van der Waals surface area contributed by atoms with E-state index < -0.39 is 12.1 Å². The minimum atomic E-state index is -0.707. The van der Waals surface area contributed by atoms with Crippen LogP contribution in [0.15, 0.2) is 35.1 Å². The second-order valence-corrected chi connectivity index (χ2v) is 10.2. The lowest BCUT2D eigenvalue weighted by molar-refractivity contribution is -0.137. The van der Waals surface area contributed by atoms with Crippen LogP contribution in [0.1, 0.15) is 97.8 Å². The number of hydrogen-bond donors (Lipinski definition) is 3. The van der Waals surface area contributed by atoms with Crippen LogP contribution in [0.3, 0.4) is 0 Å². The summed E-state index contributed by atoms with van der Waals surface area (Å²) in [7, 11) is 0. The molecule has 0 bridgehead atoms. The average molecular weight is 433 g/mol. The number of carboxylic acids is 1. The summed E-state index contributed by atoms with van der Waals surface area (Å²) in [5, 5.41) is 30.0. The van der Waals surface area contributed by atoms with Crippen molar-refractivity contribution in [3.05, 3.63) is 35.1 Å². The van der Waals surface area contributed by atoms with Gasteiger partial charge in [-0.2, -0.15) is 0 Å². The molecule has 176 valence electrons. The zero-order valence-corrected chi connectivity index (χ0v) is 19.9. The second-order valence-electron chi connectivity index (χ2n) is 10.2. The van der Waals surface area contributed by atoms with Gasteiger partial charge in [-0.25, -0.2) is 0 Å². The Bertz CT molecular complexity index is 656. The number of aliphatic carboxylic acids is 1. The predicted octanol–water partition coefficient (Wildman–Crippen LogP) is 6.96. The zero-order chi connectivity index (χ0) is 22.8. The van der Waals surface area contributed by atoms with Gasteiger partial charge in [0.15, 0.2) is 0 Å². The van der Waals surface area contributed by atoms with Crippen LogP contribution in [0.25, 0.3) is 0 Å². The fourth-order valence-electron chi connectivity index (χ4n) is 5.33. The molecule has 2 aliphatic carbocycles. The summed E-state index contributed by atoms with van der Waals surface area (Å²) in [6.45, 7) is 6.55. The summed E-state index contributed by atoms with van der Waals surface area (Å²) in [6, 6.07) is 0. The molecule has 0 aliphatic heterocycles. The molecule has 0 spiro atoms. The van der Waals surface area contributed by atoms with Gasteiger partial charge in [-0.1, -0.05) is 43.1 Å². The van der Waals surface area contributed by atoms with Crippen LogP contribution in [0, 0.1) is 23.7 Å². The first-order chi connectivity index (χ1) is 14.8. The maximum absolute atomic E-state index is 10.8. The average Bonchev–Trinajstić information content (AvgIpc) is 3.19. The molecule has 0 aromatic carbocycles. The Balaban J connectivity index is 1.73. The van der Waals surface area contributed by atoms with Gasteiger partial charge in [-0.05, 0) is 95.5 Å². The SMILES string of the molecule is CC(C)=CCCC(C)CCC=C(O)[C@H]1[C@@H]2CC(CCCCCCC(=O)O)=C[C@@H]2C[C@@H]1O. The fourth-order valence-corrected chi connectivity index (χ4v) is 5.33. The third-order valence-corrected chi connectivity index (χ3v) is 7.09. The summed E-state index contributed by atoms with van der Waals surface area (Å²) in [5.41, 5.74) is 2.84. The third-order valence-electron chi connectivity index (χ3n) is 7.09. The van der Waals surface area contributed by atoms with Crippen molar-refractivity contribution in [1.82, 2.24) is 0 Å². The van der Waals surface area contributed by atoms with E-state index in [9.17, 15) is 15.0 Å². The van der Waals surface area contributed by atoms with Gasteiger partial charge in [0.1, 0.15) is 0 Å². The number of fused-ring (bicyclic) bond motifs is 1. The zero-order valence-electron chi connectivity index (χ0n) is 19.9. The molecule has 4 heteroatoms. The lowest BCUT2D eigenvalue weighted by Gasteiger charge is -2.21. The van der Waals surface area contributed by atoms with Crippen molar-refractivity contribution in [3.8, 4) is 0 Å². The highest BCUT2D eigenvalue weighted by Gasteiger charge is 2.46. The molecule has 0 aromatic rings. The van der Waals surface area contributed by atoms with Crippen molar-refractivity contribution in [2.24, 2.45) is 23.7 Å². The molecule has 4 nitrogen and oxygen atoms in total. The molecule has 5 atom stereocenters. The molecule has 1 fully saturated rings. The van der Waals surface area contributed by atoms with Gasteiger partial charge in [-0.15, -0.1) is 0 Å². The number of carbonyl (C=O) groups is 1. The lowest BCUT2D eigenvalue weighted by Crippen LogP contribution is -2.21. The van der Waals surface area contributed by atoms with Crippen LogP contribution in [0.4, 0.5) is 0 Å². The number of aliphatic hydroxyl groups excluding tert-OH is 2. The van der Waals surface area contributed by atoms with E-state index >= 15 is 0 Å². The Labute approximate surface area is 189 Å². The molecule has 0 heterocycles. The minimum Gasteiger partial charge on any atom is -0.512 e. The van der Waals surface area contributed by atoms with Crippen LogP contribution in [-0.2, 0) is 4.79 Å². The highest BCUT2D eigenvalue weighted by Crippen LogP contribution is 2.49. The van der Waals surface area contributed by atoms with Crippen molar-refractivity contribution in [2.45, 2.75) is 104 Å². The smallest absolute Gasteiger partial charge is 0.303 e. The number of unbranched alkanes of at least 4 members (excludes halogenated alkanes) is 3. The number of allylic oxidation sites excluding steroid dienone is 5. The van der Waals surface area contributed by atoms with E-state index in [4.69, 9.17) is 5.11 Å². The lowest BCUT2D eigenvalue weighted by atomic mass is 9.87. The van der Waals surface area contributed by atoms with E-state index in [1.54, 1.807) is 0 Å². The monoisotopic (exact) mass is 432 g/mol. The molecule has 31 heavy (non-hydrogen) atoms. The van der Waals surface area contributed by atoms with Crippen molar-refractivity contribution in [3.63, 3.8) is 0 Å². The maximum Gasteiger partial charge on any atom is 0.303 e. The van der Waals surface area contributed by atoms with E-state index in [0.29, 0.717) is 23.5 Å². The van der Waals surface area contributed by atoms with Crippen LogP contribution in [0.5, 0.6) is 0 Å². The van der Waals surface area contributed by atoms with Crippen molar-refractivity contribution < 1.29 is 20.1 Å². The number of rotatable bonds is 14. The number of hydrogen-bond acceptors (Lipinski definition) is 3. The molecule has 1 unspecified atom stereocenters. The summed E-state index contributed by atoms with van der Waals surface area (Å²) < 4.78 is 0. The number of aliphatic hydroxyl groups is 2. The second kappa shape index (κ2) is 13.1. The fraction of sp³-hybridized carbons (Fsp3) is 0.741. The quantitative estimate of drug-likeness (QED) is 0.157. The normalized spacial score (nSPS) is 26.5.